The Hall–Kier alpha value is -2.76. The number of para-hydroxylation sites is 1. The summed E-state index contributed by atoms with van der Waals surface area (Å²) in [7, 11) is 0. The SMILES string of the molecule is CCn1c(C)cc(O)c(C(c2ccccc2Cl)N2CCN(c3ccccc3)CC2)c1=O. The van der Waals surface area contributed by atoms with E-state index in [-0.39, 0.29) is 11.3 Å². The van der Waals surface area contributed by atoms with E-state index >= 15 is 0 Å². The lowest BCUT2D eigenvalue weighted by Gasteiger charge is -2.40. The molecule has 0 bridgehead atoms. The first-order chi connectivity index (χ1) is 15.0. The molecule has 1 saturated heterocycles. The summed E-state index contributed by atoms with van der Waals surface area (Å²) in [6.45, 7) is 7.51. The number of rotatable bonds is 5. The second-order valence-electron chi connectivity index (χ2n) is 7.92. The van der Waals surface area contributed by atoms with Crippen molar-refractivity contribution in [2.24, 2.45) is 0 Å². The van der Waals surface area contributed by atoms with Crippen molar-refractivity contribution < 1.29 is 5.11 Å². The highest BCUT2D eigenvalue weighted by Crippen LogP contribution is 2.36. The summed E-state index contributed by atoms with van der Waals surface area (Å²) < 4.78 is 1.71. The van der Waals surface area contributed by atoms with Crippen molar-refractivity contribution in [1.29, 1.82) is 0 Å². The van der Waals surface area contributed by atoms with Gasteiger partial charge in [-0.15, -0.1) is 0 Å². The Kier molecular flexibility index (Phi) is 6.35. The third-order valence-corrected chi connectivity index (χ3v) is 6.46. The van der Waals surface area contributed by atoms with Gasteiger partial charge in [-0.2, -0.15) is 0 Å². The Morgan fingerprint density at radius 2 is 1.65 bits per heavy atom. The quantitative estimate of drug-likeness (QED) is 0.640. The molecule has 0 radical (unpaired) electrons. The third-order valence-electron chi connectivity index (χ3n) is 6.11. The monoisotopic (exact) mass is 437 g/mol. The van der Waals surface area contributed by atoms with Crippen molar-refractivity contribution in [2.75, 3.05) is 31.1 Å². The number of nitrogens with zero attached hydrogens (tertiary/aromatic N) is 3. The van der Waals surface area contributed by atoms with Crippen molar-refractivity contribution in [3.8, 4) is 5.75 Å². The number of hydrogen-bond acceptors (Lipinski definition) is 4. The van der Waals surface area contributed by atoms with E-state index in [9.17, 15) is 9.90 Å². The van der Waals surface area contributed by atoms with Gasteiger partial charge in [0.15, 0.2) is 0 Å². The number of pyridine rings is 1. The van der Waals surface area contributed by atoms with Gasteiger partial charge in [0.2, 0.25) is 0 Å². The lowest BCUT2D eigenvalue weighted by Crippen LogP contribution is -2.49. The Morgan fingerprint density at radius 3 is 2.29 bits per heavy atom. The molecule has 1 fully saturated rings. The van der Waals surface area contributed by atoms with Crippen LogP contribution in [0.15, 0.2) is 65.5 Å². The highest BCUT2D eigenvalue weighted by molar-refractivity contribution is 6.31. The zero-order valence-electron chi connectivity index (χ0n) is 18.0. The first kappa shape index (κ1) is 21.5. The molecule has 5 nitrogen and oxygen atoms in total. The minimum Gasteiger partial charge on any atom is -0.507 e. The van der Waals surface area contributed by atoms with Crippen molar-refractivity contribution in [3.05, 3.63) is 92.9 Å². The van der Waals surface area contributed by atoms with E-state index in [0.717, 1.165) is 37.4 Å². The molecule has 0 aliphatic carbocycles. The average Bonchev–Trinajstić information content (AvgIpc) is 2.78. The summed E-state index contributed by atoms with van der Waals surface area (Å²) in [6, 6.07) is 19.2. The molecule has 0 amide bonds. The van der Waals surface area contributed by atoms with E-state index in [4.69, 9.17) is 11.6 Å². The van der Waals surface area contributed by atoms with Crippen LogP contribution in [0.1, 0.15) is 29.8 Å². The Balaban J connectivity index is 1.75. The van der Waals surface area contributed by atoms with E-state index in [2.05, 4.69) is 21.9 Å². The average molecular weight is 438 g/mol. The summed E-state index contributed by atoms with van der Waals surface area (Å²) in [6.07, 6.45) is 0. The maximum absolute atomic E-state index is 13.4. The number of benzene rings is 2. The number of anilines is 1. The molecule has 2 aromatic carbocycles. The molecule has 31 heavy (non-hydrogen) atoms. The van der Waals surface area contributed by atoms with Gasteiger partial charge >= 0.3 is 0 Å². The maximum Gasteiger partial charge on any atom is 0.259 e. The standard InChI is InChI=1S/C25H28ClN3O2/c1-3-29-18(2)17-22(30)23(25(29)31)24(20-11-7-8-12-21(20)26)28-15-13-27(14-16-28)19-9-5-4-6-10-19/h4-12,17,24,30H,3,13-16H2,1-2H3. The van der Waals surface area contributed by atoms with Crippen LogP contribution >= 0.6 is 11.6 Å². The molecule has 1 aromatic heterocycles. The van der Waals surface area contributed by atoms with Crippen LogP contribution in [0.5, 0.6) is 5.75 Å². The van der Waals surface area contributed by atoms with Gasteiger partial charge in [0.25, 0.3) is 5.56 Å². The molecule has 0 spiro atoms. The highest BCUT2D eigenvalue weighted by Gasteiger charge is 2.32. The molecule has 4 rings (SSSR count). The van der Waals surface area contributed by atoms with Crippen LogP contribution in [0.2, 0.25) is 5.02 Å². The molecule has 162 valence electrons. The van der Waals surface area contributed by atoms with Gasteiger partial charge in [0.1, 0.15) is 5.75 Å². The number of aryl methyl sites for hydroxylation is 1. The summed E-state index contributed by atoms with van der Waals surface area (Å²) in [5.41, 5.74) is 3.03. The van der Waals surface area contributed by atoms with Gasteiger partial charge in [0.05, 0.1) is 11.6 Å². The number of aromatic nitrogens is 1. The molecule has 1 unspecified atom stereocenters. The Morgan fingerprint density at radius 1 is 1.00 bits per heavy atom. The molecule has 1 aliphatic rings. The van der Waals surface area contributed by atoms with E-state index in [0.29, 0.717) is 17.1 Å². The predicted octanol–water partition coefficient (Wildman–Crippen LogP) is 4.45. The summed E-state index contributed by atoms with van der Waals surface area (Å²) >= 11 is 6.59. The largest absolute Gasteiger partial charge is 0.507 e. The second kappa shape index (κ2) is 9.16. The minimum atomic E-state index is -0.405. The lowest BCUT2D eigenvalue weighted by molar-refractivity contribution is 0.207. The van der Waals surface area contributed by atoms with E-state index < -0.39 is 6.04 Å². The van der Waals surface area contributed by atoms with Crippen LogP contribution < -0.4 is 10.5 Å². The third kappa shape index (κ3) is 4.21. The van der Waals surface area contributed by atoms with Gasteiger partial charge in [-0.25, -0.2) is 0 Å². The molecule has 3 aromatic rings. The second-order valence-corrected chi connectivity index (χ2v) is 8.32. The number of aromatic hydroxyl groups is 1. The fourth-order valence-electron chi connectivity index (χ4n) is 4.53. The first-order valence-corrected chi connectivity index (χ1v) is 11.1. The van der Waals surface area contributed by atoms with Crippen molar-refractivity contribution in [2.45, 2.75) is 26.4 Å². The molecular weight excluding hydrogens is 410 g/mol. The van der Waals surface area contributed by atoms with Crippen LogP contribution in [-0.4, -0.2) is 40.8 Å². The van der Waals surface area contributed by atoms with E-state index in [1.54, 1.807) is 10.6 Å². The Bertz CT molecular complexity index is 1110. The van der Waals surface area contributed by atoms with E-state index in [1.165, 1.54) is 5.69 Å². The maximum atomic E-state index is 13.4. The Labute approximate surface area is 188 Å². The summed E-state index contributed by atoms with van der Waals surface area (Å²) in [5.74, 6) is 0.0302. The zero-order chi connectivity index (χ0) is 22.0. The molecule has 1 N–H and O–H groups in total. The lowest BCUT2D eigenvalue weighted by atomic mass is 9.95. The number of halogens is 1. The van der Waals surface area contributed by atoms with Crippen LogP contribution in [0, 0.1) is 6.92 Å². The van der Waals surface area contributed by atoms with Crippen LogP contribution in [-0.2, 0) is 6.54 Å². The molecule has 1 aliphatic heterocycles. The summed E-state index contributed by atoms with van der Waals surface area (Å²) in [4.78, 5) is 18.0. The molecule has 2 heterocycles. The summed E-state index contributed by atoms with van der Waals surface area (Å²) in [5, 5.41) is 11.5. The van der Waals surface area contributed by atoms with Gasteiger partial charge in [0, 0.05) is 49.1 Å². The zero-order valence-corrected chi connectivity index (χ0v) is 18.7. The molecular formula is C25H28ClN3O2. The van der Waals surface area contributed by atoms with Gasteiger partial charge in [-0.1, -0.05) is 48.0 Å². The van der Waals surface area contributed by atoms with Gasteiger partial charge in [-0.3, -0.25) is 9.69 Å². The van der Waals surface area contributed by atoms with Gasteiger partial charge < -0.3 is 14.6 Å². The molecule has 6 heteroatoms. The van der Waals surface area contributed by atoms with Crippen molar-refractivity contribution in [1.82, 2.24) is 9.47 Å². The molecule has 1 atom stereocenters. The predicted molar refractivity (Wildman–Crippen MR) is 126 cm³/mol. The first-order valence-electron chi connectivity index (χ1n) is 10.7. The van der Waals surface area contributed by atoms with E-state index in [1.807, 2.05) is 56.3 Å². The van der Waals surface area contributed by atoms with Crippen LogP contribution in [0.4, 0.5) is 5.69 Å². The topological polar surface area (TPSA) is 48.7 Å². The van der Waals surface area contributed by atoms with Crippen LogP contribution in [0.3, 0.4) is 0 Å². The van der Waals surface area contributed by atoms with Crippen molar-refractivity contribution in [3.63, 3.8) is 0 Å². The normalized spacial score (nSPS) is 15.8. The minimum absolute atomic E-state index is 0.0302. The number of piperazine rings is 1. The van der Waals surface area contributed by atoms with Gasteiger partial charge in [-0.05, 0) is 43.7 Å². The number of hydrogen-bond donors (Lipinski definition) is 1. The molecule has 0 saturated carbocycles. The highest BCUT2D eigenvalue weighted by atomic mass is 35.5. The fraction of sp³-hybridized carbons (Fsp3) is 0.320. The fourth-order valence-corrected chi connectivity index (χ4v) is 4.77. The van der Waals surface area contributed by atoms with Crippen LogP contribution in [0.25, 0.3) is 0 Å². The van der Waals surface area contributed by atoms with Crippen molar-refractivity contribution >= 4 is 17.3 Å². The smallest absolute Gasteiger partial charge is 0.259 e.